The molecule has 5 heteroatoms. The van der Waals surface area contributed by atoms with Crippen molar-refractivity contribution in [1.82, 2.24) is 4.90 Å². The van der Waals surface area contributed by atoms with Gasteiger partial charge in [-0.1, -0.05) is 103 Å². The van der Waals surface area contributed by atoms with E-state index in [2.05, 4.69) is 36.4 Å². The van der Waals surface area contributed by atoms with Gasteiger partial charge in [0.25, 0.3) is 0 Å². The van der Waals surface area contributed by atoms with Gasteiger partial charge in [-0.25, -0.2) is 4.79 Å². The number of benzene rings is 4. The molecule has 0 atom stereocenters. The smallest absolute Gasteiger partial charge is 0.414 e. The van der Waals surface area contributed by atoms with Gasteiger partial charge in [0.05, 0.1) is 6.54 Å². The number of nitrogens with zero attached hydrogens (tertiary/aromatic N) is 1. The standard InChI is InChI=1S/C34H26ClNO3/c35-28-15-13-27(14-16-28)26-11-9-23(10-12-26)17-24-18-25(21-37)20-36(19-24)34(38)39-22-33-31-7-3-1-5-29(31)30-6-2-4-8-32(30)33/h1-17,20-21,33H,18-19,22H2. The zero-order valence-corrected chi connectivity index (χ0v) is 22.0. The van der Waals surface area contributed by atoms with Gasteiger partial charge in [-0.05, 0) is 56.6 Å². The molecule has 1 aliphatic carbocycles. The predicted molar refractivity (Wildman–Crippen MR) is 155 cm³/mol. The van der Waals surface area contributed by atoms with Crippen LogP contribution in [0.1, 0.15) is 29.0 Å². The lowest BCUT2D eigenvalue weighted by Crippen LogP contribution is -2.32. The maximum atomic E-state index is 13.2. The monoisotopic (exact) mass is 531 g/mol. The van der Waals surface area contributed by atoms with Crippen LogP contribution in [0.4, 0.5) is 4.79 Å². The molecule has 1 amide bonds. The molecular formula is C34H26ClNO3. The quantitative estimate of drug-likeness (QED) is 0.244. The fourth-order valence-corrected chi connectivity index (χ4v) is 5.57. The predicted octanol–water partition coefficient (Wildman–Crippen LogP) is 8.13. The summed E-state index contributed by atoms with van der Waals surface area (Å²) in [5.41, 5.74) is 9.38. The summed E-state index contributed by atoms with van der Waals surface area (Å²) in [6, 6.07) is 32.4. The lowest BCUT2D eigenvalue weighted by Gasteiger charge is -2.26. The van der Waals surface area contributed by atoms with Crippen LogP contribution in [-0.2, 0) is 9.53 Å². The SMILES string of the molecule is O=CC1=CN(C(=O)OCC2c3ccccc3-c3ccccc32)CC(=Cc2ccc(-c3ccc(Cl)cc3)cc2)C1. The highest BCUT2D eigenvalue weighted by Gasteiger charge is 2.30. The van der Waals surface area contributed by atoms with E-state index in [0.717, 1.165) is 39.7 Å². The van der Waals surface area contributed by atoms with Crippen LogP contribution in [0.3, 0.4) is 0 Å². The van der Waals surface area contributed by atoms with Crippen LogP contribution in [0.15, 0.2) is 114 Å². The van der Waals surface area contributed by atoms with Crippen molar-refractivity contribution in [1.29, 1.82) is 0 Å². The molecule has 0 unspecified atom stereocenters. The van der Waals surface area contributed by atoms with Crippen LogP contribution in [0.25, 0.3) is 28.3 Å². The molecule has 0 saturated heterocycles. The summed E-state index contributed by atoms with van der Waals surface area (Å²) in [6.45, 7) is 0.603. The number of halogens is 1. The summed E-state index contributed by atoms with van der Waals surface area (Å²) in [4.78, 5) is 26.4. The molecular weight excluding hydrogens is 506 g/mol. The third-order valence-corrected chi connectivity index (χ3v) is 7.56. The van der Waals surface area contributed by atoms with Gasteiger partial charge in [-0.2, -0.15) is 0 Å². The minimum atomic E-state index is -0.458. The summed E-state index contributed by atoms with van der Waals surface area (Å²) in [6.07, 6.45) is 4.48. The van der Waals surface area contributed by atoms with Crippen LogP contribution in [0.5, 0.6) is 0 Å². The molecule has 1 aliphatic heterocycles. The lowest BCUT2D eigenvalue weighted by atomic mass is 9.98. The van der Waals surface area contributed by atoms with Gasteiger partial charge >= 0.3 is 6.09 Å². The van der Waals surface area contributed by atoms with E-state index < -0.39 is 6.09 Å². The highest BCUT2D eigenvalue weighted by Crippen LogP contribution is 2.44. The third-order valence-electron chi connectivity index (χ3n) is 7.31. The van der Waals surface area contributed by atoms with Crippen LogP contribution in [-0.4, -0.2) is 30.4 Å². The molecule has 0 saturated carbocycles. The van der Waals surface area contributed by atoms with Gasteiger partial charge in [0.2, 0.25) is 0 Å². The topological polar surface area (TPSA) is 46.6 Å². The molecule has 192 valence electrons. The van der Waals surface area contributed by atoms with Crippen molar-refractivity contribution in [3.63, 3.8) is 0 Å². The summed E-state index contributed by atoms with van der Waals surface area (Å²) >= 11 is 6.01. The normalized spacial score (nSPS) is 15.5. The Morgan fingerprint density at radius 1 is 0.846 bits per heavy atom. The van der Waals surface area contributed by atoms with E-state index in [-0.39, 0.29) is 12.5 Å². The maximum absolute atomic E-state index is 13.2. The third kappa shape index (κ3) is 5.16. The maximum Gasteiger partial charge on any atom is 0.414 e. The second-order valence-corrected chi connectivity index (χ2v) is 10.3. The number of carbonyl (C=O) groups excluding carboxylic acids is 2. The first-order valence-electron chi connectivity index (χ1n) is 12.9. The Balaban J connectivity index is 1.16. The van der Waals surface area contributed by atoms with Crippen molar-refractivity contribution in [2.45, 2.75) is 12.3 Å². The van der Waals surface area contributed by atoms with Crippen molar-refractivity contribution >= 4 is 30.1 Å². The van der Waals surface area contributed by atoms with Gasteiger partial charge in [0.15, 0.2) is 0 Å². The summed E-state index contributed by atoms with van der Waals surface area (Å²) in [5, 5.41) is 0.706. The molecule has 0 spiro atoms. The van der Waals surface area contributed by atoms with Crippen molar-refractivity contribution in [3.05, 3.63) is 136 Å². The van der Waals surface area contributed by atoms with E-state index >= 15 is 0 Å². The summed E-state index contributed by atoms with van der Waals surface area (Å²) < 4.78 is 5.83. The number of hydrogen-bond acceptors (Lipinski definition) is 3. The molecule has 6 rings (SSSR count). The molecule has 4 aromatic rings. The molecule has 0 radical (unpaired) electrons. The van der Waals surface area contributed by atoms with E-state index in [0.29, 0.717) is 23.6 Å². The van der Waals surface area contributed by atoms with Gasteiger partial charge in [0, 0.05) is 29.1 Å². The van der Waals surface area contributed by atoms with Crippen LogP contribution >= 0.6 is 11.6 Å². The number of ether oxygens (including phenoxy) is 1. The molecule has 1 heterocycles. The zero-order valence-electron chi connectivity index (χ0n) is 21.2. The molecule has 0 fully saturated rings. The first-order chi connectivity index (χ1) is 19.1. The molecule has 4 aromatic carbocycles. The van der Waals surface area contributed by atoms with E-state index in [1.807, 2.05) is 66.7 Å². The van der Waals surface area contributed by atoms with Gasteiger partial charge in [0.1, 0.15) is 12.9 Å². The van der Waals surface area contributed by atoms with Gasteiger partial charge in [-0.15, -0.1) is 0 Å². The van der Waals surface area contributed by atoms with Crippen LogP contribution < -0.4 is 0 Å². The highest BCUT2D eigenvalue weighted by molar-refractivity contribution is 6.30. The Morgan fingerprint density at radius 2 is 1.44 bits per heavy atom. The minimum absolute atomic E-state index is 0.0187. The number of amides is 1. The molecule has 4 nitrogen and oxygen atoms in total. The van der Waals surface area contributed by atoms with Crippen molar-refractivity contribution < 1.29 is 14.3 Å². The zero-order chi connectivity index (χ0) is 26.8. The fourth-order valence-electron chi connectivity index (χ4n) is 5.44. The number of allylic oxidation sites excluding steroid dienone is 1. The second-order valence-electron chi connectivity index (χ2n) is 9.86. The highest BCUT2D eigenvalue weighted by atomic mass is 35.5. The summed E-state index contributed by atoms with van der Waals surface area (Å²) in [7, 11) is 0. The molecule has 0 N–H and O–H groups in total. The first-order valence-corrected chi connectivity index (χ1v) is 13.3. The number of fused-ring (bicyclic) bond motifs is 3. The molecule has 39 heavy (non-hydrogen) atoms. The number of rotatable bonds is 5. The molecule has 0 bridgehead atoms. The Morgan fingerprint density at radius 3 is 2.05 bits per heavy atom. The molecule has 2 aliphatic rings. The fraction of sp³-hybridized carbons (Fsp3) is 0.118. The van der Waals surface area contributed by atoms with E-state index in [1.165, 1.54) is 16.0 Å². The Kier molecular flexibility index (Phi) is 6.87. The number of aldehydes is 1. The van der Waals surface area contributed by atoms with Gasteiger partial charge < -0.3 is 4.74 Å². The van der Waals surface area contributed by atoms with Gasteiger partial charge in [-0.3, -0.25) is 9.69 Å². The lowest BCUT2D eigenvalue weighted by molar-refractivity contribution is -0.105. The Bertz CT molecular complexity index is 1560. The van der Waals surface area contributed by atoms with E-state index in [1.54, 1.807) is 6.20 Å². The van der Waals surface area contributed by atoms with Crippen molar-refractivity contribution in [2.24, 2.45) is 0 Å². The Labute approximate surface area is 232 Å². The van der Waals surface area contributed by atoms with Crippen molar-refractivity contribution in [2.75, 3.05) is 13.2 Å². The van der Waals surface area contributed by atoms with Crippen LogP contribution in [0.2, 0.25) is 5.02 Å². The average Bonchev–Trinajstić information content (AvgIpc) is 3.30. The van der Waals surface area contributed by atoms with E-state index in [9.17, 15) is 9.59 Å². The first kappa shape index (κ1) is 24.9. The van der Waals surface area contributed by atoms with Crippen molar-refractivity contribution in [3.8, 4) is 22.3 Å². The van der Waals surface area contributed by atoms with E-state index in [4.69, 9.17) is 16.3 Å². The second kappa shape index (κ2) is 10.8. The minimum Gasteiger partial charge on any atom is -0.448 e. The number of carbonyl (C=O) groups is 2. The molecule has 0 aromatic heterocycles. The average molecular weight is 532 g/mol. The largest absolute Gasteiger partial charge is 0.448 e. The number of hydrogen-bond donors (Lipinski definition) is 0. The Hall–Kier alpha value is -4.41. The van der Waals surface area contributed by atoms with Crippen LogP contribution in [0, 0.1) is 0 Å². The summed E-state index contributed by atoms with van der Waals surface area (Å²) in [5.74, 6) is -0.0187.